The predicted octanol–water partition coefficient (Wildman–Crippen LogP) is 5.64. The van der Waals surface area contributed by atoms with Crippen LogP contribution in [-0.4, -0.2) is 16.8 Å². The third kappa shape index (κ3) is 4.64. The molecule has 0 saturated heterocycles. The first-order valence-electron chi connectivity index (χ1n) is 11.4. The van der Waals surface area contributed by atoms with Crippen molar-refractivity contribution in [3.05, 3.63) is 38.7 Å². The second-order valence-corrected chi connectivity index (χ2v) is 12.5. The molecule has 1 atom stereocenters. The van der Waals surface area contributed by atoms with E-state index in [-0.39, 0.29) is 11.3 Å². The van der Waals surface area contributed by atoms with Crippen LogP contribution in [0.15, 0.2) is 12.1 Å². The summed E-state index contributed by atoms with van der Waals surface area (Å²) in [6.07, 6.45) is 3.57. The van der Waals surface area contributed by atoms with Gasteiger partial charge in [0, 0.05) is 16.0 Å². The molecule has 0 aliphatic heterocycles. The van der Waals surface area contributed by atoms with E-state index in [1.165, 1.54) is 22.7 Å². The van der Waals surface area contributed by atoms with Gasteiger partial charge in [-0.25, -0.2) is 4.98 Å². The predicted molar refractivity (Wildman–Crippen MR) is 138 cm³/mol. The summed E-state index contributed by atoms with van der Waals surface area (Å²) in [5.41, 5.74) is 15.1. The van der Waals surface area contributed by atoms with Crippen molar-refractivity contribution in [2.45, 2.75) is 60.3 Å². The number of pyridine rings is 1. The molecule has 0 bridgehead atoms. The zero-order chi connectivity index (χ0) is 24.1. The Morgan fingerprint density at radius 3 is 2.61 bits per heavy atom. The number of nitrogen functional groups attached to an aromatic ring is 1. The van der Waals surface area contributed by atoms with E-state index in [0.717, 1.165) is 52.0 Å². The van der Waals surface area contributed by atoms with Gasteiger partial charge in [-0.05, 0) is 60.6 Å². The van der Waals surface area contributed by atoms with Gasteiger partial charge in [0.2, 0.25) is 0 Å². The largest absolute Gasteiger partial charge is 0.397 e. The fourth-order valence-corrected chi connectivity index (χ4v) is 6.91. The minimum Gasteiger partial charge on any atom is -0.397 e. The molecule has 8 heteroatoms. The van der Waals surface area contributed by atoms with Crippen molar-refractivity contribution < 1.29 is 9.59 Å². The highest BCUT2D eigenvalue weighted by molar-refractivity contribution is 7.21. The molecule has 5 N–H and O–H groups in total. The van der Waals surface area contributed by atoms with Crippen molar-refractivity contribution in [3.8, 4) is 0 Å². The highest BCUT2D eigenvalue weighted by Gasteiger charge is 2.34. The molecule has 3 heterocycles. The van der Waals surface area contributed by atoms with Gasteiger partial charge in [0.1, 0.15) is 14.7 Å². The van der Waals surface area contributed by atoms with E-state index < -0.39 is 5.91 Å². The lowest BCUT2D eigenvalue weighted by Gasteiger charge is -2.33. The molecule has 3 aromatic heterocycles. The van der Waals surface area contributed by atoms with Crippen molar-refractivity contribution in [3.63, 3.8) is 0 Å². The summed E-state index contributed by atoms with van der Waals surface area (Å²) < 4.78 is 0. The molecule has 0 spiro atoms. The van der Waals surface area contributed by atoms with Crippen LogP contribution in [-0.2, 0) is 19.3 Å². The maximum atomic E-state index is 13.2. The average molecular weight is 485 g/mol. The number of carbonyl (C=O) groups excluding carboxylic acids is 2. The molecule has 4 rings (SSSR count). The molecular weight excluding hydrogens is 452 g/mol. The Balaban J connectivity index is 1.65. The standard InChI is InChI=1S/C25H32N4O2S2/c1-12(2)10-14-7-9-16-19(26)20(33-23(16)28-14)22(31)29-24-18(21(27)30)15-8-6-13(25(3,4)5)11-17(15)32-24/h7,9,12-13H,6,8,10-11,26H2,1-5H3,(H2,27,30)(H,29,31). The quantitative estimate of drug-likeness (QED) is 0.435. The summed E-state index contributed by atoms with van der Waals surface area (Å²) in [5, 5.41) is 4.26. The Morgan fingerprint density at radius 2 is 1.97 bits per heavy atom. The highest BCUT2D eigenvalue weighted by Crippen LogP contribution is 2.44. The number of anilines is 2. The number of nitrogens with zero attached hydrogens (tertiary/aromatic N) is 1. The van der Waals surface area contributed by atoms with Crippen molar-refractivity contribution in [1.29, 1.82) is 0 Å². The molecule has 6 nitrogen and oxygen atoms in total. The molecule has 0 aromatic carbocycles. The van der Waals surface area contributed by atoms with Crippen LogP contribution in [0.2, 0.25) is 0 Å². The number of amides is 2. The highest BCUT2D eigenvalue weighted by atomic mass is 32.1. The van der Waals surface area contributed by atoms with Crippen LogP contribution in [0, 0.1) is 17.3 Å². The second-order valence-electron chi connectivity index (χ2n) is 10.4. The average Bonchev–Trinajstić information content (AvgIpc) is 3.23. The van der Waals surface area contributed by atoms with Gasteiger partial charge in [-0.15, -0.1) is 22.7 Å². The Kier molecular flexibility index (Phi) is 6.26. The first kappa shape index (κ1) is 23.7. The lowest BCUT2D eigenvalue weighted by atomic mass is 9.72. The topological polar surface area (TPSA) is 111 Å². The normalized spacial score (nSPS) is 16.2. The minimum absolute atomic E-state index is 0.185. The third-order valence-corrected chi connectivity index (χ3v) is 8.72. The number of hydrogen-bond donors (Lipinski definition) is 3. The van der Waals surface area contributed by atoms with Crippen molar-refractivity contribution in [2.75, 3.05) is 11.1 Å². The summed E-state index contributed by atoms with van der Waals surface area (Å²) >= 11 is 2.76. The van der Waals surface area contributed by atoms with Crippen LogP contribution in [0.3, 0.4) is 0 Å². The van der Waals surface area contributed by atoms with Crippen LogP contribution < -0.4 is 16.8 Å². The molecule has 0 fully saturated rings. The summed E-state index contributed by atoms with van der Waals surface area (Å²) in [4.78, 5) is 32.6. The Bertz CT molecular complexity index is 1230. The number of carbonyl (C=O) groups is 2. The van der Waals surface area contributed by atoms with Gasteiger partial charge in [0.25, 0.3) is 11.8 Å². The minimum atomic E-state index is -0.499. The zero-order valence-electron chi connectivity index (χ0n) is 19.9. The van der Waals surface area contributed by atoms with Gasteiger partial charge in [0.15, 0.2) is 0 Å². The molecule has 176 valence electrons. The molecule has 1 aliphatic rings. The number of nitrogens with one attached hydrogen (secondary N) is 1. The van der Waals surface area contributed by atoms with E-state index in [1.807, 2.05) is 12.1 Å². The molecule has 1 aliphatic carbocycles. The van der Waals surface area contributed by atoms with Crippen molar-refractivity contribution in [2.24, 2.45) is 23.0 Å². The molecule has 2 amide bonds. The van der Waals surface area contributed by atoms with E-state index in [2.05, 4.69) is 39.9 Å². The van der Waals surface area contributed by atoms with E-state index >= 15 is 0 Å². The van der Waals surface area contributed by atoms with Gasteiger partial charge in [-0.1, -0.05) is 34.6 Å². The molecule has 33 heavy (non-hydrogen) atoms. The molecule has 0 radical (unpaired) electrons. The van der Waals surface area contributed by atoms with Crippen LogP contribution in [0.25, 0.3) is 10.2 Å². The maximum Gasteiger partial charge on any atom is 0.268 e. The van der Waals surface area contributed by atoms with Gasteiger partial charge in [-0.2, -0.15) is 0 Å². The van der Waals surface area contributed by atoms with Gasteiger partial charge < -0.3 is 16.8 Å². The number of aromatic nitrogens is 1. The number of thiophene rings is 2. The summed E-state index contributed by atoms with van der Waals surface area (Å²) in [6, 6.07) is 3.91. The van der Waals surface area contributed by atoms with Gasteiger partial charge >= 0.3 is 0 Å². The lowest BCUT2D eigenvalue weighted by Crippen LogP contribution is -2.27. The zero-order valence-corrected chi connectivity index (χ0v) is 21.5. The fraction of sp³-hybridized carbons (Fsp3) is 0.480. The van der Waals surface area contributed by atoms with Crippen LogP contribution >= 0.6 is 22.7 Å². The maximum absolute atomic E-state index is 13.2. The van der Waals surface area contributed by atoms with Crippen LogP contribution in [0.5, 0.6) is 0 Å². The van der Waals surface area contributed by atoms with Crippen molar-refractivity contribution in [1.82, 2.24) is 4.98 Å². The SMILES string of the molecule is CC(C)Cc1ccc2c(N)c(C(=O)Nc3sc4c(c3C(N)=O)CCC(C(C)(C)C)C4)sc2n1. The van der Waals surface area contributed by atoms with E-state index in [1.54, 1.807) is 0 Å². The number of rotatable bonds is 5. The Labute approximate surface area is 202 Å². The lowest BCUT2D eigenvalue weighted by molar-refractivity contribution is 0.1000. The van der Waals surface area contributed by atoms with Gasteiger partial charge in [-0.3, -0.25) is 9.59 Å². The first-order chi connectivity index (χ1) is 15.5. The van der Waals surface area contributed by atoms with E-state index in [0.29, 0.717) is 33.0 Å². The Hall–Kier alpha value is -2.45. The summed E-state index contributed by atoms with van der Waals surface area (Å²) in [7, 11) is 0. The van der Waals surface area contributed by atoms with Gasteiger partial charge in [0.05, 0.1) is 11.3 Å². The van der Waals surface area contributed by atoms with Crippen LogP contribution in [0.1, 0.15) is 77.2 Å². The smallest absolute Gasteiger partial charge is 0.268 e. The van der Waals surface area contributed by atoms with Crippen LogP contribution in [0.4, 0.5) is 10.7 Å². The summed E-state index contributed by atoms with van der Waals surface area (Å²) in [5.74, 6) is 0.193. The fourth-order valence-electron chi connectivity index (χ4n) is 4.57. The summed E-state index contributed by atoms with van der Waals surface area (Å²) in [6.45, 7) is 11.0. The second kappa shape index (κ2) is 8.72. The molecule has 1 unspecified atom stereocenters. The number of primary amides is 1. The molecular formula is C25H32N4O2S2. The molecule has 3 aromatic rings. The first-order valence-corrected chi connectivity index (χ1v) is 13.0. The Morgan fingerprint density at radius 1 is 1.24 bits per heavy atom. The monoisotopic (exact) mass is 484 g/mol. The van der Waals surface area contributed by atoms with Crippen molar-refractivity contribution >= 4 is 55.4 Å². The van der Waals surface area contributed by atoms with E-state index in [4.69, 9.17) is 16.5 Å². The van der Waals surface area contributed by atoms with E-state index in [9.17, 15) is 9.59 Å². The third-order valence-electron chi connectivity index (χ3n) is 6.44. The number of fused-ring (bicyclic) bond motifs is 2. The number of nitrogens with two attached hydrogens (primary N) is 2. The number of hydrogen-bond acceptors (Lipinski definition) is 6. The molecule has 0 saturated carbocycles.